The van der Waals surface area contributed by atoms with Gasteiger partial charge < -0.3 is 10.2 Å². The third-order valence-electron chi connectivity index (χ3n) is 5.29. The zero-order valence-electron chi connectivity index (χ0n) is 20.3. The first-order valence-corrected chi connectivity index (χ1v) is 13.2. The second-order valence-electron chi connectivity index (χ2n) is 7.44. The first kappa shape index (κ1) is 29.0. The third-order valence-corrected chi connectivity index (χ3v) is 6.92. The van der Waals surface area contributed by atoms with Crippen molar-refractivity contribution < 1.29 is 21.6 Å². The first-order valence-electron chi connectivity index (χ1n) is 11.5. The Labute approximate surface area is 197 Å². The van der Waals surface area contributed by atoms with Gasteiger partial charge in [-0.1, -0.05) is 45.9 Å². The van der Waals surface area contributed by atoms with Crippen LogP contribution in [-0.2, 0) is 16.0 Å². The zero-order chi connectivity index (χ0) is 25.1. The Hall–Kier alpha value is -2.06. The summed E-state index contributed by atoms with van der Waals surface area (Å²) in [7, 11) is -1.68. The molecule has 33 heavy (non-hydrogen) atoms. The van der Waals surface area contributed by atoms with Crippen molar-refractivity contribution in [3.63, 3.8) is 0 Å². The van der Waals surface area contributed by atoms with E-state index >= 15 is 0 Å². The van der Waals surface area contributed by atoms with Crippen LogP contribution in [0.5, 0.6) is 0 Å². The number of allylic oxidation sites excluding steroid dienone is 3. The van der Waals surface area contributed by atoms with Crippen LogP contribution in [0.2, 0.25) is 0 Å². The largest absolute Gasteiger partial charge is 0.416 e. The van der Waals surface area contributed by atoms with Crippen molar-refractivity contribution in [2.75, 3.05) is 25.9 Å². The van der Waals surface area contributed by atoms with Crippen molar-refractivity contribution >= 4 is 9.84 Å². The van der Waals surface area contributed by atoms with Crippen molar-refractivity contribution in [1.29, 1.82) is 0 Å². The van der Waals surface area contributed by atoms with Gasteiger partial charge in [-0.25, -0.2) is 8.42 Å². The molecule has 0 unspecified atom stereocenters. The van der Waals surface area contributed by atoms with Crippen LogP contribution in [0.3, 0.4) is 0 Å². The van der Waals surface area contributed by atoms with Crippen LogP contribution in [0, 0.1) is 0 Å². The molecule has 1 aliphatic rings. The van der Waals surface area contributed by atoms with E-state index in [2.05, 4.69) is 30.1 Å². The summed E-state index contributed by atoms with van der Waals surface area (Å²) in [6.07, 6.45) is 4.60. The van der Waals surface area contributed by atoms with E-state index in [1.54, 1.807) is 6.08 Å². The van der Waals surface area contributed by atoms with Gasteiger partial charge in [-0.2, -0.15) is 13.2 Å². The maximum Gasteiger partial charge on any atom is 0.416 e. The minimum absolute atomic E-state index is 0.113. The van der Waals surface area contributed by atoms with E-state index in [9.17, 15) is 21.6 Å². The molecule has 0 saturated heterocycles. The van der Waals surface area contributed by atoms with Crippen LogP contribution in [0.1, 0.15) is 58.9 Å². The fraction of sp³-hybridized carbons (Fsp3) is 0.520. The summed E-state index contributed by atoms with van der Waals surface area (Å²) >= 11 is 0. The van der Waals surface area contributed by atoms with Crippen LogP contribution in [0.15, 0.2) is 64.4 Å². The van der Waals surface area contributed by atoms with Gasteiger partial charge in [-0.3, -0.25) is 0 Å². The van der Waals surface area contributed by atoms with Gasteiger partial charge in [0.05, 0.1) is 16.2 Å². The summed E-state index contributed by atoms with van der Waals surface area (Å²) in [5.41, 5.74) is 2.60. The molecule has 1 aliphatic heterocycles. The van der Waals surface area contributed by atoms with E-state index in [1.807, 2.05) is 27.0 Å². The molecule has 8 heteroatoms. The number of halogens is 3. The van der Waals surface area contributed by atoms with E-state index in [-0.39, 0.29) is 10.6 Å². The summed E-state index contributed by atoms with van der Waals surface area (Å²) < 4.78 is 63.3. The van der Waals surface area contributed by atoms with E-state index in [0.717, 1.165) is 74.3 Å². The summed E-state index contributed by atoms with van der Waals surface area (Å²) in [5.74, 6) is -0.266. The Kier molecular flexibility index (Phi) is 11.9. The fourth-order valence-corrected chi connectivity index (χ4v) is 4.71. The molecule has 1 aromatic carbocycles. The van der Waals surface area contributed by atoms with Gasteiger partial charge in [-0.05, 0) is 55.6 Å². The molecule has 4 nitrogen and oxygen atoms in total. The fourth-order valence-electron chi connectivity index (χ4n) is 3.61. The average Bonchev–Trinajstić information content (AvgIpc) is 3.03. The van der Waals surface area contributed by atoms with Gasteiger partial charge in [0.15, 0.2) is 9.84 Å². The molecule has 0 atom stereocenters. The van der Waals surface area contributed by atoms with Gasteiger partial charge in [0.1, 0.15) is 0 Å². The SMILES string of the molecule is CC.CC/C=C(\CC)N(C)C1=C(/C=C/CS(=O)(=O)c2ccc(C(F)(F)F)cc2)CCNCC1. The highest BCUT2D eigenvalue weighted by molar-refractivity contribution is 7.91. The Bertz CT molecular complexity index is 931. The Morgan fingerprint density at radius 3 is 2.24 bits per heavy atom. The summed E-state index contributed by atoms with van der Waals surface area (Å²) in [5, 5.41) is 3.37. The lowest BCUT2D eigenvalue weighted by Gasteiger charge is -2.27. The van der Waals surface area contributed by atoms with Crippen molar-refractivity contribution in [1.82, 2.24) is 10.2 Å². The van der Waals surface area contributed by atoms with Crippen molar-refractivity contribution in [3.05, 3.63) is 65.0 Å². The second-order valence-corrected chi connectivity index (χ2v) is 9.48. The van der Waals surface area contributed by atoms with E-state index < -0.39 is 21.6 Å². The van der Waals surface area contributed by atoms with Gasteiger partial charge in [0.2, 0.25) is 0 Å². The number of hydrogen-bond acceptors (Lipinski definition) is 4. The topological polar surface area (TPSA) is 49.4 Å². The quantitative estimate of drug-likeness (QED) is 0.466. The van der Waals surface area contributed by atoms with Crippen LogP contribution in [0.4, 0.5) is 13.2 Å². The highest BCUT2D eigenvalue weighted by atomic mass is 32.2. The lowest BCUT2D eigenvalue weighted by molar-refractivity contribution is -0.137. The summed E-state index contributed by atoms with van der Waals surface area (Å²) in [4.78, 5) is 2.08. The Morgan fingerprint density at radius 1 is 1.09 bits per heavy atom. The summed E-state index contributed by atoms with van der Waals surface area (Å²) in [6, 6.07) is 3.64. The molecule has 2 rings (SSSR count). The molecule has 0 saturated carbocycles. The second kappa shape index (κ2) is 13.6. The number of rotatable bonds is 8. The molecule has 0 aliphatic carbocycles. The van der Waals surface area contributed by atoms with Crippen molar-refractivity contribution in [2.45, 2.75) is 64.5 Å². The molecule has 0 amide bonds. The molecule has 1 aromatic rings. The number of sulfone groups is 1. The third kappa shape index (κ3) is 8.66. The number of hydrogen-bond donors (Lipinski definition) is 1. The van der Waals surface area contributed by atoms with E-state index in [4.69, 9.17) is 0 Å². The molecule has 1 heterocycles. The normalized spacial score (nSPS) is 15.8. The van der Waals surface area contributed by atoms with E-state index in [1.165, 1.54) is 5.70 Å². The minimum Gasteiger partial charge on any atom is -0.352 e. The van der Waals surface area contributed by atoms with Crippen LogP contribution >= 0.6 is 0 Å². The zero-order valence-corrected chi connectivity index (χ0v) is 21.1. The molecule has 0 radical (unpaired) electrons. The van der Waals surface area contributed by atoms with Gasteiger partial charge in [-0.15, -0.1) is 0 Å². The number of benzene rings is 1. The predicted molar refractivity (Wildman–Crippen MR) is 130 cm³/mol. The standard InChI is InChI=1S/C23H31F3N2O2S.C2H6/c1-4-7-20(5-2)28(3)22-14-16-27-15-13-18(22)8-6-17-31(29,30)21-11-9-19(10-12-21)23(24,25)26;1-2/h6-12,27H,4-5,13-17H2,1-3H3;1-2H3/b8-6+,20-7+;. The maximum atomic E-state index is 12.7. The lowest BCUT2D eigenvalue weighted by atomic mass is 10.1. The summed E-state index contributed by atoms with van der Waals surface area (Å²) in [6.45, 7) is 9.87. The maximum absolute atomic E-state index is 12.7. The predicted octanol–water partition coefficient (Wildman–Crippen LogP) is 6.33. The molecule has 186 valence electrons. The smallest absolute Gasteiger partial charge is 0.352 e. The molecule has 0 spiro atoms. The van der Waals surface area contributed by atoms with Gasteiger partial charge in [0, 0.05) is 31.4 Å². The number of nitrogens with one attached hydrogen (secondary N) is 1. The first-order chi connectivity index (χ1) is 15.6. The molecule has 0 fully saturated rings. The van der Waals surface area contributed by atoms with Gasteiger partial charge in [0.25, 0.3) is 0 Å². The number of alkyl halides is 3. The van der Waals surface area contributed by atoms with Gasteiger partial charge >= 0.3 is 6.18 Å². The Balaban J connectivity index is 0.00000265. The molecule has 0 bridgehead atoms. The van der Waals surface area contributed by atoms with Crippen LogP contribution < -0.4 is 5.32 Å². The lowest BCUT2D eigenvalue weighted by Crippen LogP contribution is -2.20. The molecule has 0 aromatic heterocycles. The highest BCUT2D eigenvalue weighted by Gasteiger charge is 2.30. The highest BCUT2D eigenvalue weighted by Crippen LogP contribution is 2.30. The minimum atomic E-state index is -4.49. The Morgan fingerprint density at radius 2 is 1.70 bits per heavy atom. The number of nitrogens with zero attached hydrogens (tertiary/aromatic N) is 1. The molecular formula is C25H37F3N2O2S. The van der Waals surface area contributed by atoms with E-state index in [0.29, 0.717) is 0 Å². The van der Waals surface area contributed by atoms with Crippen molar-refractivity contribution in [2.24, 2.45) is 0 Å². The molecule has 1 N–H and O–H groups in total. The van der Waals surface area contributed by atoms with Crippen LogP contribution in [-0.4, -0.2) is 39.2 Å². The monoisotopic (exact) mass is 486 g/mol. The van der Waals surface area contributed by atoms with Crippen LogP contribution in [0.25, 0.3) is 0 Å². The van der Waals surface area contributed by atoms with Crippen molar-refractivity contribution in [3.8, 4) is 0 Å². The molecular weight excluding hydrogens is 449 g/mol. The average molecular weight is 487 g/mol.